The summed E-state index contributed by atoms with van der Waals surface area (Å²) in [6.45, 7) is -24.6. The summed E-state index contributed by atoms with van der Waals surface area (Å²) in [5, 5.41) is 37.6. The zero-order chi connectivity index (χ0) is 64.4. The number of carboxylic acids is 3. The van der Waals surface area contributed by atoms with Gasteiger partial charge in [0.15, 0.2) is 0 Å². The molecule has 2 N–H and O–H groups in total. The Labute approximate surface area is 439 Å². The summed E-state index contributed by atoms with van der Waals surface area (Å²) in [6, 6.07) is 0. The molecule has 0 aromatic rings. The largest absolute Gasteiger partial charge is 0.549 e. The molecule has 0 saturated carbocycles. The molecular weight excluding hydrogens is 1230 g/mol. The van der Waals surface area contributed by atoms with Crippen molar-refractivity contribution in [2.75, 3.05) is 125 Å². The highest BCUT2D eigenvalue weighted by Gasteiger charge is 2.89. The molecule has 45 heteroatoms. The Morgan fingerprint density at radius 3 is 0.744 bits per heavy atom. The van der Waals surface area contributed by atoms with Gasteiger partial charge >= 0.3 is 72.4 Å². The number of hydrogen-bond donors (Lipinski definition) is 2. The van der Waals surface area contributed by atoms with Crippen LogP contribution in [0, 0.1) is 5.41 Å². The van der Waals surface area contributed by atoms with E-state index < -0.39 is 180 Å². The van der Waals surface area contributed by atoms with Crippen LogP contribution in [0.3, 0.4) is 0 Å². The van der Waals surface area contributed by atoms with Gasteiger partial charge in [-0.1, -0.05) is 0 Å². The summed E-state index contributed by atoms with van der Waals surface area (Å²) < 4.78 is 386. The van der Waals surface area contributed by atoms with Crippen molar-refractivity contribution in [3.8, 4) is 0 Å². The number of rotatable bonds is 24. The lowest BCUT2D eigenvalue weighted by Crippen LogP contribution is -2.71. The molecule has 0 radical (unpaired) electrons. The van der Waals surface area contributed by atoms with Gasteiger partial charge in [0.05, 0.1) is 56.3 Å². The van der Waals surface area contributed by atoms with Gasteiger partial charge in [0.1, 0.15) is 6.61 Å². The summed E-state index contributed by atoms with van der Waals surface area (Å²) in [6.07, 6.45) is -73.7. The van der Waals surface area contributed by atoms with Gasteiger partial charge in [0, 0.05) is 85.1 Å². The maximum absolute atomic E-state index is 13.8. The zero-order valence-corrected chi connectivity index (χ0v) is 40.3. The molecule has 1 heterocycles. The minimum atomic E-state index is -8.19. The van der Waals surface area contributed by atoms with Gasteiger partial charge in [0.25, 0.3) is 0 Å². The summed E-state index contributed by atoms with van der Waals surface area (Å²) in [4.78, 5) is 64.4. The topological polar surface area (TPSA) is 228 Å². The normalized spacial score (nSPS) is 17.3. The van der Waals surface area contributed by atoms with Crippen LogP contribution in [0.1, 0.15) is 0 Å². The van der Waals surface area contributed by atoms with E-state index in [-0.39, 0.29) is 52.4 Å². The Balaban J connectivity index is 3.81. The quantitative estimate of drug-likeness (QED) is 0.102. The predicted molar refractivity (Wildman–Crippen MR) is 201 cm³/mol. The van der Waals surface area contributed by atoms with E-state index in [2.05, 4.69) is 18.9 Å². The van der Waals surface area contributed by atoms with Gasteiger partial charge in [0.2, 0.25) is 11.8 Å². The van der Waals surface area contributed by atoms with Crippen LogP contribution < -0.4 is 26.0 Å². The SMILES string of the molecule is O=C([O-])CN1CCN(CC(=O)[O-])CCN(CC(=O)NCCNC(=O)COCC(COC(C(F)(F)F)(C(F)(F)F)C(F)(F)F)(COC(C(F)(F)F)(C(F)(F)F)C(F)(F)F)COC(C(F)(F)F)(C(F)(F)F)C(F)(F)F)CCN(CC(=O)[O-])CC1. The summed E-state index contributed by atoms with van der Waals surface area (Å²) in [5.74, 6) is -7.92. The number of carbonyl (C=O) groups is 5. The standard InChI is InChI=1S/C37H43F27N6O12/c38-29(39,40)26(30(41,42)43,31(44,45)46)80-17-25(18-81-27(32(47,48)49,33(50,51)52)34(53,54)55,19-82-28(35(56,57)58,36(59,60)61)37(62,63)64)16-79-15-21(72)66-2-1-65-20(71)11-67-3-5-68(12-22(73)74)7-9-70(14-24(77)78)10-8-69(6-4-67)13-23(75)76/h1-19H2,(H,65,71)(H,66,72)(H,73,74)(H,75,76)(H,77,78)/p-3. The van der Waals surface area contributed by atoms with Gasteiger partial charge in [-0.2, -0.15) is 119 Å². The number of aliphatic carboxylic acids is 3. The minimum absolute atomic E-state index is 0.151. The van der Waals surface area contributed by atoms with Crippen molar-refractivity contribution in [1.29, 1.82) is 0 Å². The third-order valence-electron chi connectivity index (χ3n) is 11.1. The van der Waals surface area contributed by atoms with Gasteiger partial charge in [-0.25, -0.2) is 0 Å². The molecule has 82 heavy (non-hydrogen) atoms. The van der Waals surface area contributed by atoms with E-state index in [0.717, 1.165) is 0 Å². The number of carbonyl (C=O) groups excluding carboxylic acids is 5. The average Bonchev–Trinajstić information content (AvgIpc) is 3.21. The highest BCUT2D eigenvalue weighted by atomic mass is 19.5. The number of nitrogens with zero attached hydrogens (tertiary/aromatic N) is 4. The monoisotopic (exact) mass is 1270 g/mol. The van der Waals surface area contributed by atoms with Crippen molar-refractivity contribution in [2.45, 2.75) is 72.4 Å². The van der Waals surface area contributed by atoms with Crippen molar-refractivity contribution in [1.82, 2.24) is 30.2 Å². The van der Waals surface area contributed by atoms with Crippen LogP contribution in [-0.2, 0) is 42.9 Å². The summed E-state index contributed by atoms with van der Waals surface area (Å²) in [7, 11) is 0. The van der Waals surface area contributed by atoms with E-state index in [1.54, 1.807) is 5.32 Å². The number of alkyl halides is 27. The second-order valence-corrected chi connectivity index (χ2v) is 17.3. The summed E-state index contributed by atoms with van der Waals surface area (Å²) in [5.41, 5.74) is -29.6. The molecule has 1 saturated heterocycles. The van der Waals surface area contributed by atoms with Gasteiger partial charge in [-0.15, -0.1) is 0 Å². The second-order valence-electron chi connectivity index (χ2n) is 17.3. The molecule has 18 nitrogen and oxygen atoms in total. The first-order chi connectivity index (χ1) is 36.6. The fraction of sp³-hybridized carbons (Fsp3) is 0.865. The first kappa shape index (κ1) is 75.2. The number of halogens is 27. The van der Waals surface area contributed by atoms with Crippen LogP contribution in [0.4, 0.5) is 119 Å². The van der Waals surface area contributed by atoms with Crippen LogP contribution >= 0.6 is 0 Å². The van der Waals surface area contributed by atoms with Gasteiger partial charge in [-0.05, 0) is 0 Å². The van der Waals surface area contributed by atoms with E-state index in [9.17, 15) is 158 Å². The molecule has 0 aromatic carbocycles. The Kier molecular flexibility index (Phi) is 25.2. The molecule has 0 unspecified atom stereocenters. The first-order valence-electron chi connectivity index (χ1n) is 21.7. The summed E-state index contributed by atoms with van der Waals surface area (Å²) >= 11 is 0. The lowest BCUT2D eigenvalue weighted by Gasteiger charge is -2.45. The second kappa shape index (κ2) is 27.5. The Morgan fingerprint density at radius 2 is 0.537 bits per heavy atom. The first-order valence-corrected chi connectivity index (χ1v) is 21.7. The molecule has 1 rings (SSSR count). The molecule has 1 fully saturated rings. The van der Waals surface area contributed by atoms with Crippen LogP contribution in [0.25, 0.3) is 0 Å². The van der Waals surface area contributed by atoms with E-state index in [1.807, 2.05) is 5.32 Å². The maximum Gasteiger partial charge on any atom is 0.435 e. The fourth-order valence-electron chi connectivity index (χ4n) is 7.05. The van der Waals surface area contributed by atoms with Crippen molar-refractivity contribution in [2.24, 2.45) is 5.41 Å². The van der Waals surface area contributed by atoms with Crippen LogP contribution in [0.5, 0.6) is 0 Å². The van der Waals surface area contributed by atoms with Crippen LogP contribution in [0.2, 0.25) is 0 Å². The van der Waals surface area contributed by atoms with Crippen molar-refractivity contribution in [3.05, 3.63) is 0 Å². The highest BCUT2D eigenvalue weighted by molar-refractivity contribution is 5.79. The van der Waals surface area contributed by atoms with Crippen molar-refractivity contribution in [3.63, 3.8) is 0 Å². The number of ether oxygens (including phenoxy) is 4. The van der Waals surface area contributed by atoms with Crippen LogP contribution in [-0.4, -0.2) is 246 Å². The Hall–Kier alpha value is -4.86. The number of hydrogen-bond acceptors (Lipinski definition) is 16. The minimum Gasteiger partial charge on any atom is -0.549 e. The molecule has 0 bridgehead atoms. The number of amides is 2. The van der Waals surface area contributed by atoms with E-state index in [0.29, 0.717) is 0 Å². The van der Waals surface area contributed by atoms with E-state index in [1.165, 1.54) is 19.6 Å². The molecule has 2 amide bonds. The highest BCUT2D eigenvalue weighted by Crippen LogP contribution is 2.59. The maximum atomic E-state index is 13.8. The molecular formula is C37H40F27N6O12-3. The lowest BCUT2D eigenvalue weighted by atomic mass is 9.89. The zero-order valence-electron chi connectivity index (χ0n) is 40.3. The average molecular weight is 1270 g/mol. The predicted octanol–water partition coefficient (Wildman–Crippen LogP) is 1.02. The van der Waals surface area contributed by atoms with Gasteiger partial charge < -0.3 is 59.3 Å². The third-order valence-corrected chi connectivity index (χ3v) is 11.1. The van der Waals surface area contributed by atoms with Crippen LogP contribution in [0.15, 0.2) is 0 Å². The van der Waals surface area contributed by atoms with Crippen molar-refractivity contribution < 1.29 is 177 Å². The smallest absolute Gasteiger partial charge is 0.435 e. The molecule has 0 aliphatic carbocycles. The molecule has 0 atom stereocenters. The molecule has 1 aliphatic heterocycles. The Morgan fingerprint density at radius 1 is 0.329 bits per heavy atom. The number of nitrogens with one attached hydrogen (secondary N) is 2. The Bertz CT molecular complexity index is 1840. The molecule has 482 valence electrons. The van der Waals surface area contributed by atoms with Crippen molar-refractivity contribution >= 4 is 29.7 Å². The molecule has 0 aromatic heterocycles. The van der Waals surface area contributed by atoms with E-state index >= 15 is 0 Å². The molecule has 0 spiro atoms. The van der Waals surface area contributed by atoms with Gasteiger partial charge in [-0.3, -0.25) is 29.2 Å². The third kappa shape index (κ3) is 19.1. The fourth-order valence-corrected chi connectivity index (χ4v) is 7.05. The number of carboxylic acid groups (broad SMARTS) is 3. The lowest BCUT2D eigenvalue weighted by molar-refractivity contribution is -0.474. The van der Waals surface area contributed by atoms with E-state index in [4.69, 9.17) is 0 Å². The molecule has 1 aliphatic rings.